The average molecular weight is 458 g/mol. The Hall–Kier alpha value is -4.53. The summed E-state index contributed by atoms with van der Waals surface area (Å²) in [6, 6.07) is 20.1. The molecule has 1 aliphatic rings. The Bertz CT molecular complexity index is 1320. The van der Waals surface area contributed by atoms with E-state index in [1.165, 1.54) is 0 Å². The summed E-state index contributed by atoms with van der Waals surface area (Å²) in [5, 5.41) is 14.0. The molecule has 0 bridgehead atoms. The SMILES string of the molecule is COc1cccc(CNC(=O)Nc2cccc(-c3nnc(Cc4ccc5c(c4)OCO5)o3)c2)c1. The fourth-order valence-corrected chi connectivity index (χ4v) is 3.54. The summed E-state index contributed by atoms with van der Waals surface area (Å²) >= 11 is 0. The zero-order chi connectivity index (χ0) is 23.3. The predicted molar refractivity (Wildman–Crippen MR) is 124 cm³/mol. The first-order valence-electron chi connectivity index (χ1n) is 10.7. The van der Waals surface area contributed by atoms with Crippen LogP contribution in [0.2, 0.25) is 0 Å². The van der Waals surface area contributed by atoms with Gasteiger partial charge in [0.25, 0.3) is 0 Å². The third-order valence-corrected chi connectivity index (χ3v) is 5.21. The van der Waals surface area contributed by atoms with Crippen molar-refractivity contribution in [3.8, 4) is 28.7 Å². The van der Waals surface area contributed by atoms with E-state index >= 15 is 0 Å². The van der Waals surface area contributed by atoms with Crippen LogP contribution in [0.3, 0.4) is 0 Å². The molecule has 0 unspecified atom stereocenters. The number of carbonyl (C=O) groups is 1. The molecule has 0 spiro atoms. The third kappa shape index (κ3) is 4.93. The second kappa shape index (κ2) is 9.53. The number of aromatic nitrogens is 2. The van der Waals surface area contributed by atoms with Crippen LogP contribution in [0.4, 0.5) is 10.5 Å². The summed E-state index contributed by atoms with van der Waals surface area (Å²) in [7, 11) is 1.61. The smallest absolute Gasteiger partial charge is 0.319 e. The van der Waals surface area contributed by atoms with Crippen LogP contribution in [0.15, 0.2) is 71.1 Å². The summed E-state index contributed by atoms with van der Waals surface area (Å²) in [5.41, 5.74) is 3.22. The lowest BCUT2D eigenvalue weighted by Gasteiger charge is -2.09. The number of nitrogens with zero attached hydrogens (tertiary/aromatic N) is 2. The average Bonchev–Trinajstić information content (AvgIpc) is 3.52. The van der Waals surface area contributed by atoms with E-state index in [0.29, 0.717) is 41.7 Å². The maximum atomic E-state index is 12.4. The first-order chi connectivity index (χ1) is 16.7. The van der Waals surface area contributed by atoms with E-state index in [1.54, 1.807) is 19.2 Å². The first-order valence-corrected chi connectivity index (χ1v) is 10.7. The third-order valence-electron chi connectivity index (χ3n) is 5.21. The lowest BCUT2D eigenvalue weighted by molar-refractivity contribution is 0.174. The minimum absolute atomic E-state index is 0.229. The van der Waals surface area contributed by atoms with Crippen molar-refractivity contribution in [2.75, 3.05) is 19.2 Å². The molecule has 4 aromatic rings. The topological polar surface area (TPSA) is 108 Å². The molecule has 0 saturated carbocycles. The molecule has 9 heteroatoms. The molecule has 9 nitrogen and oxygen atoms in total. The molecule has 0 fully saturated rings. The van der Waals surface area contributed by atoms with Gasteiger partial charge in [-0.3, -0.25) is 0 Å². The van der Waals surface area contributed by atoms with Crippen LogP contribution in [0.25, 0.3) is 11.5 Å². The van der Waals surface area contributed by atoms with Crippen LogP contribution in [-0.2, 0) is 13.0 Å². The molecule has 0 saturated heterocycles. The number of nitrogens with one attached hydrogen (secondary N) is 2. The second-order valence-corrected chi connectivity index (χ2v) is 7.61. The highest BCUT2D eigenvalue weighted by molar-refractivity contribution is 5.89. The number of anilines is 1. The number of amides is 2. The molecule has 3 aromatic carbocycles. The highest BCUT2D eigenvalue weighted by Crippen LogP contribution is 2.33. The van der Waals surface area contributed by atoms with Gasteiger partial charge in [0.1, 0.15) is 5.75 Å². The van der Waals surface area contributed by atoms with E-state index in [1.807, 2.05) is 54.6 Å². The monoisotopic (exact) mass is 458 g/mol. The number of hydrogen-bond donors (Lipinski definition) is 2. The quantitative estimate of drug-likeness (QED) is 0.423. The second-order valence-electron chi connectivity index (χ2n) is 7.61. The van der Waals surface area contributed by atoms with Crippen molar-refractivity contribution in [3.63, 3.8) is 0 Å². The summed E-state index contributed by atoms with van der Waals surface area (Å²) in [4.78, 5) is 12.4. The van der Waals surface area contributed by atoms with E-state index < -0.39 is 0 Å². The molecule has 2 N–H and O–H groups in total. The van der Waals surface area contributed by atoms with Crippen LogP contribution in [-0.4, -0.2) is 30.1 Å². The summed E-state index contributed by atoms with van der Waals surface area (Å²) < 4.78 is 21.8. The van der Waals surface area contributed by atoms with Gasteiger partial charge in [-0.05, 0) is 53.6 Å². The van der Waals surface area contributed by atoms with Gasteiger partial charge in [-0.15, -0.1) is 10.2 Å². The van der Waals surface area contributed by atoms with Gasteiger partial charge in [0.15, 0.2) is 11.5 Å². The van der Waals surface area contributed by atoms with Crippen molar-refractivity contribution < 1.29 is 23.4 Å². The van der Waals surface area contributed by atoms with E-state index in [2.05, 4.69) is 20.8 Å². The molecule has 0 aliphatic carbocycles. The van der Waals surface area contributed by atoms with Crippen molar-refractivity contribution in [1.29, 1.82) is 0 Å². The number of fused-ring (bicyclic) bond motifs is 1. The fourth-order valence-electron chi connectivity index (χ4n) is 3.54. The van der Waals surface area contributed by atoms with Crippen molar-refractivity contribution in [2.24, 2.45) is 0 Å². The van der Waals surface area contributed by atoms with E-state index in [-0.39, 0.29) is 12.8 Å². The van der Waals surface area contributed by atoms with Crippen molar-refractivity contribution >= 4 is 11.7 Å². The van der Waals surface area contributed by atoms with Gasteiger partial charge in [0.05, 0.1) is 13.5 Å². The van der Waals surface area contributed by atoms with Gasteiger partial charge >= 0.3 is 6.03 Å². The van der Waals surface area contributed by atoms with Gasteiger partial charge in [0.2, 0.25) is 18.6 Å². The zero-order valence-electron chi connectivity index (χ0n) is 18.4. The van der Waals surface area contributed by atoms with Crippen LogP contribution in [0, 0.1) is 0 Å². The first kappa shape index (κ1) is 21.3. The maximum absolute atomic E-state index is 12.4. The lowest BCUT2D eigenvalue weighted by atomic mass is 10.1. The number of hydrogen-bond acceptors (Lipinski definition) is 7. The van der Waals surface area contributed by atoms with Crippen LogP contribution >= 0.6 is 0 Å². The van der Waals surface area contributed by atoms with E-state index in [9.17, 15) is 4.79 Å². The van der Waals surface area contributed by atoms with Crippen LogP contribution < -0.4 is 24.8 Å². The normalized spacial score (nSPS) is 11.8. The summed E-state index contributed by atoms with van der Waals surface area (Å²) in [6.45, 7) is 0.600. The maximum Gasteiger partial charge on any atom is 0.319 e. The van der Waals surface area contributed by atoms with Crippen molar-refractivity contribution in [1.82, 2.24) is 15.5 Å². The molecule has 2 amide bonds. The molecule has 1 aromatic heterocycles. The van der Waals surface area contributed by atoms with Crippen LogP contribution in [0.1, 0.15) is 17.0 Å². The van der Waals surface area contributed by atoms with Gasteiger partial charge in [-0.25, -0.2) is 4.79 Å². The van der Waals surface area contributed by atoms with Gasteiger partial charge < -0.3 is 29.3 Å². The van der Waals surface area contributed by atoms with E-state index in [4.69, 9.17) is 18.6 Å². The Kier molecular flexibility index (Phi) is 5.98. The Labute approximate surface area is 195 Å². The Balaban J connectivity index is 1.21. The number of ether oxygens (including phenoxy) is 3. The summed E-state index contributed by atoms with van der Waals surface area (Å²) in [6.07, 6.45) is 0.467. The molecular weight excluding hydrogens is 436 g/mol. The summed E-state index contributed by atoms with van der Waals surface area (Å²) in [5.74, 6) is 3.02. The largest absolute Gasteiger partial charge is 0.497 e. The van der Waals surface area contributed by atoms with Gasteiger partial charge in [-0.2, -0.15) is 0 Å². The van der Waals surface area contributed by atoms with Crippen LogP contribution in [0.5, 0.6) is 17.2 Å². The van der Waals surface area contributed by atoms with Gasteiger partial charge in [-0.1, -0.05) is 24.3 Å². The molecule has 1 aliphatic heterocycles. The highest BCUT2D eigenvalue weighted by Gasteiger charge is 2.15. The fraction of sp³-hybridized carbons (Fsp3) is 0.160. The molecule has 2 heterocycles. The van der Waals surface area contributed by atoms with E-state index in [0.717, 1.165) is 22.6 Å². The Morgan fingerprint density at radius 1 is 0.971 bits per heavy atom. The molecule has 5 rings (SSSR count). The lowest BCUT2D eigenvalue weighted by Crippen LogP contribution is -2.28. The Morgan fingerprint density at radius 3 is 2.76 bits per heavy atom. The number of urea groups is 1. The predicted octanol–water partition coefficient (Wildman–Crippen LogP) is 4.39. The highest BCUT2D eigenvalue weighted by atomic mass is 16.7. The number of benzene rings is 3. The Morgan fingerprint density at radius 2 is 1.85 bits per heavy atom. The molecule has 0 radical (unpaired) electrons. The molecule has 172 valence electrons. The molecule has 0 atom stereocenters. The van der Waals surface area contributed by atoms with Crippen molar-refractivity contribution in [3.05, 3.63) is 83.7 Å². The minimum atomic E-state index is -0.325. The zero-order valence-corrected chi connectivity index (χ0v) is 18.4. The molecule has 34 heavy (non-hydrogen) atoms. The number of carbonyl (C=O) groups excluding carboxylic acids is 1. The van der Waals surface area contributed by atoms with Crippen molar-refractivity contribution in [2.45, 2.75) is 13.0 Å². The van der Waals surface area contributed by atoms with Gasteiger partial charge in [0, 0.05) is 17.8 Å². The number of methoxy groups -OCH3 is 1. The molecular formula is C25H22N4O5. The minimum Gasteiger partial charge on any atom is -0.497 e. The number of rotatable bonds is 7. The standard InChI is InChI=1S/C25H22N4O5/c1-31-20-7-2-4-17(10-20)14-26-25(30)27-19-6-3-5-18(13-19)24-29-28-23(34-24)12-16-8-9-21-22(11-16)33-15-32-21/h2-11,13H,12,14-15H2,1H3,(H2,26,27,30).